The molecule has 0 spiro atoms. The molecule has 34 heavy (non-hydrogen) atoms. The number of methoxy groups -OCH3 is 1. The number of nitrogens with zero attached hydrogens (tertiary/aromatic N) is 1. The Bertz CT molecular complexity index is 1180. The first-order valence-electron chi connectivity index (χ1n) is 10.7. The van der Waals surface area contributed by atoms with Gasteiger partial charge in [0.25, 0.3) is 0 Å². The molecule has 3 aromatic rings. The van der Waals surface area contributed by atoms with Crippen LogP contribution < -0.4 is 9.64 Å². The maximum absolute atomic E-state index is 13.6. The monoisotopic (exact) mass is 487 g/mol. The van der Waals surface area contributed by atoms with Crippen molar-refractivity contribution < 1.29 is 27.8 Å². The molecule has 0 saturated carbocycles. The highest BCUT2D eigenvalue weighted by Crippen LogP contribution is 2.47. The van der Waals surface area contributed by atoms with Crippen LogP contribution in [0.15, 0.2) is 77.7 Å². The van der Waals surface area contributed by atoms with Crippen molar-refractivity contribution in [3.63, 3.8) is 0 Å². The molecule has 0 aliphatic carbocycles. The summed E-state index contributed by atoms with van der Waals surface area (Å²) in [6.07, 6.45) is -4.68. The number of hydrogen-bond acceptors (Lipinski definition) is 4. The van der Waals surface area contributed by atoms with Crippen LogP contribution in [0.4, 0.5) is 18.9 Å². The Hall–Kier alpha value is -2.97. The van der Waals surface area contributed by atoms with E-state index < -0.39 is 11.8 Å². The van der Waals surface area contributed by atoms with Crippen LogP contribution in [0.5, 0.6) is 5.75 Å². The third-order valence-corrected chi connectivity index (χ3v) is 7.11. The summed E-state index contributed by atoms with van der Waals surface area (Å²) < 4.78 is 45.6. The summed E-state index contributed by atoms with van der Waals surface area (Å²) in [6.45, 7) is 0.736. The van der Waals surface area contributed by atoms with Gasteiger partial charge in [-0.15, -0.1) is 11.8 Å². The van der Waals surface area contributed by atoms with E-state index in [9.17, 15) is 23.1 Å². The van der Waals surface area contributed by atoms with Crippen LogP contribution in [-0.2, 0) is 16.8 Å². The highest BCUT2D eigenvalue weighted by Gasteiger charge is 2.51. The fraction of sp³-hybridized carbons (Fsp3) is 0.269. The predicted octanol–water partition coefficient (Wildman–Crippen LogP) is 5.89. The summed E-state index contributed by atoms with van der Waals surface area (Å²) in [7, 11) is 1.57. The van der Waals surface area contributed by atoms with Gasteiger partial charge in [-0.2, -0.15) is 13.2 Å². The lowest BCUT2D eigenvalue weighted by atomic mass is 9.94. The van der Waals surface area contributed by atoms with Crippen molar-refractivity contribution in [1.82, 2.24) is 0 Å². The molecular formula is C26H24F3NO3S. The molecule has 1 aliphatic heterocycles. The number of ether oxygens (including phenoxy) is 1. The van der Waals surface area contributed by atoms with Crippen molar-refractivity contribution in [3.05, 3.63) is 89.5 Å². The maximum Gasteiger partial charge on any atom is 0.421 e. The van der Waals surface area contributed by atoms with Crippen LogP contribution in [0.25, 0.3) is 0 Å². The number of carbonyl (C=O) groups is 1. The van der Waals surface area contributed by atoms with E-state index in [0.29, 0.717) is 22.1 Å². The SMILES string of the molecule is COc1cccc(C2CSc3cc(C(C)(O)C(F)(F)F)ccc3N2C(=O)Cc2ccccc2)c1. The molecule has 178 valence electrons. The predicted molar refractivity (Wildman–Crippen MR) is 126 cm³/mol. The molecule has 2 unspecified atom stereocenters. The lowest BCUT2D eigenvalue weighted by Gasteiger charge is -2.38. The Morgan fingerprint density at radius 2 is 1.82 bits per heavy atom. The number of alkyl halides is 3. The molecule has 0 saturated heterocycles. The van der Waals surface area contributed by atoms with Crippen molar-refractivity contribution in [2.75, 3.05) is 17.8 Å². The van der Waals surface area contributed by atoms with Crippen LogP contribution in [0.1, 0.15) is 29.7 Å². The van der Waals surface area contributed by atoms with Crippen molar-refractivity contribution in [2.24, 2.45) is 0 Å². The number of hydrogen-bond donors (Lipinski definition) is 1. The summed E-state index contributed by atoms with van der Waals surface area (Å²) in [5.74, 6) is 0.925. The largest absolute Gasteiger partial charge is 0.497 e. The second kappa shape index (κ2) is 9.35. The molecule has 1 aliphatic rings. The Balaban J connectivity index is 1.77. The lowest BCUT2D eigenvalue weighted by molar-refractivity contribution is -0.258. The Kier molecular flexibility index (Phi) is 6.64. The summed E-state index contributed by atoms with van der Waals surface area (Å²) in [5.41, 5.74) is -1.03. The van der Waals surface area contributed by atoms with Crippen molar-refractivity contribution in [2.45, 2.75) is 36.1 Å². The van der Waals surface area contributed by atoms with E-state index in [4.69, 9.17) is 4.74 Å². The van der Waals surface area contributed by atoms with Gasteiger partial charge in [0.05, 0.1) is 25.3 Å². The Labute approximate surface area is 200 Å². The average Bonchev–Trinajstić information content (AvgIpc) is 2.82. The van der Waals surface area contributed by atoms with Gasteiger partial charge in [0.15, 0.2) is 5.60 Å². The molecule has 2 atom stereocenters. The van der Waals surface area contributed by atoms with Gasteiger partial charge < -0.3 is 14.7 Å². The third-order valence-electron chi connectivity index (χ3n) is 5.99. The molecule has 0 fully saturated rings. The number of aliphatic hydroxyl groups is 1. The fourth-order valence-corrected chi connectivity index (χ4v) is 5.17. The van der Waals surface area contributed by atoms with Gasteiger partial charge in [-0.05, 0) is 47.9 Å². The van der Waals surface area contributed by atoms with E-state index in [2.05, 4.69) is 0 Å². The maximum atomic E-state index is 13.6. The number of anilines is 1. The minimum absolute atomic E-state index is 0.146. The highest BCUT2D eigenvalue weighted by molar-refractivity contribution is 7.99. The molecule has 3 aromatic carbocycles. The lowest BCUT2D eigenvalue weighted by Crippen LogP contribution is -2.41. The van der Waals surface area contributed by atoms with Crippen molar-refractivity contribution in [1.29, 1.82) is 0 Å². The van der Waals surface area contributed by atoms with Gasteiger partial charge >= 0.3 is 6.18 Å². The normalized spacial score (nSPS) is 17.6. The molecule has 4 nitrogen and oxygen atoms in total. The smallest absolute Gasteiger partial charge is 0.421 e. The summed E-state index contributed by atoms with van der Waals surface area (Å²) in [5, 5.41) is 10.2. The summed E-state index contributed by atoms with van der Waals surface area (Å²) in [4.78, 5) is 15.7. The van der Waals surface area contributed by atoms with Gasteiger partial charge in [-0.1, -0.05) is 48.5 Å². The molecule has 4 rings (SSSR count). The van der Waals surface area contributed by atoms with Crippen LogP contribution in [0.2, 0.25) is 0 Å². The van der Waals surface area contributed by atoms with Gasteiger partial charge in [0, 0.05) is 10.6 Å². The van der Waals surface area contributed by atoms with E-state index in [-0.39, 0.29) is 23.9 Å². The third kappa shape index (κ3) is 4.65. The first kappa shape index (κ1) is 24.2. The van der Waals surface area contributed by atoms with Crippen LogP contribution in [-0.4, -0.2) is 30.1 Å². The van der Waals surface area contributed by atoms with Crippen LogP contribution >= 0.6 is 11.8 Å². The Morgan fingerprint density at radius 3 is 2.50 bits per heavy atom. The zero-order chi connectivity index (χ0) is 24.5. The zero-order valence-electron chi connectivity index (χ0n) is 18.7. The van der Waals surface area contributed by atoms with Gasteiger partial charge in [0.1, 0.15) is 5.75 Å². The molecule has 0 aromatic heterocycles. The first-order chi connectivity index (χ1) is 16.1. The number of amides is 1. The van der Waals surface area contributed by atoms with Crippen LogP contribution in [0.3, 0.4) is 0 Å². The number of thioether (sulfide) groups is 1. The molecule has 0 bridgehead atoms. The molecule has 0 radical (unpaired) electrons. The number of carbonyl (C=O) groups excluding carboxylic acids is 1. The topological polar surface area (TPSA) is 49.8 Å². The number of halogens is 3. The van der Waals surface area contributed by atoms with Gasteiger partial charge in [-0.25, -0.2) is 0 Å². The second-order valence-electron chi connectivity index (χ2n) is 8.28. The van der Waals surface area contributed by atoms with Gasteiger partial charge in [0.2, 0.25) is 5.91 Å². The summed E-state index contributed by atoms with van der Waals surface area (Å²) in [6, 6.07) is 20.5. The zero-order valence-corrected chi connectivity index (χ0v) is 19.5. The molecular weight excluding hydrogens is 463 g/mol. The number of fused-ring (bicyclic) bond motifs is 1. The Morgan fingerprint density at radius 1 is 1.09 bits per heavy atom. The molecule has 1 heterocycles. The molecule has 1 N–H and O–H groups in total. The molecule has 8 heteroatoms. The van der Waals surface area contributed by atoms with E-state index in [1.165, 1.54) is 30.0 Å². The number of benzene rings is 3. The highest BCUT2D eigenvalue weighted by atomic mass is 32.2. The van der Waals surface area contributed by atoms with E-state index in [1.54, 1.807) is 12.0 Å². The number of rotatable bonds is 5. The minimum atomic E-state index is -4.83. The summed E-state index contributed by atoms with van der Waals surface area (Å²) >= 11 is 1.36. The standard InChI is InChI=1S/C26H24F3NO3S/c1-25(32,26(27,28)29)19-11-12-21-23(15-19)34-16-22(18-9-6-10-20(14-18)33-2)30(21)24(31)13-17-7-4-3-5-8-17/h3-12,14-15,22,32H,13,16H2,1-2H3. The van der Waals surface area contributed by atoms with E-state index >= 15 is 0 Å². The second-order valence-corrected chi connectivity index (χ2v) is 9.34. The van der Waals surface area contributed by atoms with Crippen molar-refractivity contribution >= 4 is 23.4 Å². The average molecular weight is 488 g/mol. The van der Waals surface area contributed by atoms with Crippen molar-refractivity contribution in [3.8, 4) is 5.75 Å². The molecule has 1 amide bonds. The van der Waals surface area contributed by atoms with Gasteiger partial charge in [-0.3, -0.25) is 4.79 Å². The minimum Gasteiger partial charge on any atom is -0.497 e. The van der Waals surface area contributed by atoms with E-state index in [0.717, 1.165) is 18.1 Å². The fourth-order valence-electron chi connectivity index (χ4n) is 3.96. The quantitative estimate of drug-likeness (QED) is 0.488. The van der Waals surface area contributed by atoms with E-state index in [1.807, 2.05) is 54.6 Å². The first-order valence-corrected chi connectivity index (χ1v) is 11.7. The van der Waals surface area contributed by atoms with Crippen LogP contribution in [0, 0.1) is 0 Å².